The fraction of sp³-hybridized carbons (Fsp3) is 0.654. The van der Waals surface area contributed by atoms with Crippen molar-refractivity contribution < 1.29 is 14.3 Å². The summed E-state index contributed by atoms with van der Waals surface area (Å²) < 4.78 is 5.75. The minimum Gasteiger partial charge on any atom is -0.459 e. The van der Waals surface area contributed by atoms with Gasteiger partial charge in [-0.1, -0.05) is 43.7 Å². The summed E-state index contributed by atoms with van der Waals surface area (Å²) in [7, 11) is 0. The van der Waals surface area contributed by atoms with Gasteiger partial charge in [-0.3, -0.25) is 14.5 Å². The molecule has 1 N–H and O–H groups in total. The molecule has 1 fully saturated rings. The quantitative estimate of drug-likeness (QED) is 0.584. The van der Waals surface area contributed by atoms with Crippen LogP contribution in [-0.2, 0) is 20.7 Å². The van der Waals surface area contributed by atoms with Crippen LogP contribution in [0.1, 0.15) is 66.4 Å². The van der Waals surface area contributed by atoms with Crippen molar-refractivity contribution in [2.75, 3.05) is 6.54 Å². The SMILES string of the molecule is CCCC(C(C)NC(C)=O)C(Cc1ccccc1)N1CC(C#N)CC1C(=O)OC(C)(C)C. The minimum atomic E-state index is -0.589. The Morgan fingerprint density at radius 1 is 1.28 bits per heavy atom. The van der Waals surface area contributed by atoms with Crippen LogP contribution in [0.5, 0.6) is 0 Å². The Bertz CT molecular complexity index is 797. The van der Waals surface area contributed by atoms with Gasteiger partial charge in [0.2, 0.25) is 5.91 Å². The van der Waals surface area contributed by atoms with E-state index in [2.05, 4.69) is 35.3 Å². The lowest BCUT2D eigenvalue weighted by molar-refractivity contribution is -0.161. The number of esters is 1. The van der Waals surface area contributed by atoms with Gasteiger partial charge in [0.1, 0.15) is 11.6 Å². The van der Waals surface area contributed by atoms with Gasteiger partial charge in [-0.2, -0.15) is 5.26 Å². The van der Waals surface area contributed by atoms with Crippen molar-refractivity contribution in [2.24, 2.45) is 11.8 Å². The van der Waals surface area contributed by atoms with Gasteiger partial charge < -0.3 is 10.1 Å². The van der Waals surface area contributed by atoms with Gasteiger partial charge in [-0.05, 0) is 58.4 Å². The molecule has 1 saturated heterocycles. The third-order valence-corrected chi connectivity index (χ3v) is 6.10. The van der Waals surface area contributed by atoms with Gasteiger partial charge in [-0.15, -0.1) is 0 Å². The van der Waals surface area contributed by atoms with E-state index in [1.807, 2.05) is 45.9 Å². The zero-order chi connectivity index (χ0) is 23.9. The number of carbonyl (C=O) groups is 2. The minimum absolute atomic E-state index is 0.00457. The van der Waals surface area contributed by atoms with Gasteiger partial charge in [0.15, 0.2) is 0 Å². The van der Waals surface area contributed by atoms with E-state index in [4.69, 9.17) is 4.74 Å². The molecule has 2 rings (SSSR count). The van der Waals surface area contributed by atoms with Gasteiger partial charge in [0.25, 0.3) is 0 Å². The van der Waals surface area contributed by atoms with Crippen LogP contribution in [0, 0.1) is 23.2 Å². The number of benzene rings is 1. The monoisotopic (exact) mass is 441 g/mol. The number of amides is 1. The molecular formula is C26H39N3O3. The largest absolute Gasteiger partial charge is 0.459 e. The van der Waals surface area contributed by atoms with E-state index < -0.39 is 11.6 Å². The maximum atomic E-state index is 13.2. The highest BCUT2D eigenvalue weighted by atomic mass is 16.6. The summed E-state index contributed by atoms with van der Waals surface area (Å²) in [6.07, 6.45) is 3.09. The second-order valence-corrected chi connectivity index (χ2v) is 10.0. The molecule has 0 radical (unpaired) electrons. The maximum absolute atomic E-state index is 13.2. The smallest absolute Gasteiger partial charge is 0.323 e. The molecule has 6 heteroatoms. The van der Waals surface area contributed by atoms with Crippen molar-refractivity contribution in [1.29, 1.82) is 5.26 Å². The molecule has 1 aromatic carbocycles. The average Bonchev–Trinajstić information content (AvgIpc) is 3.14. The van der Waals surface area contributed by atoms with Crippen LogP contribution < -0.4 is 5.32 Å². The number of nitrogens with one attached hydrogen (secondary N) is 1. The first-order chi connectivity index (χ1) is 15.1. The zero-order valence-corrected chi connectivity index (χ0v) is 20.4. The number of carbonyl (C=O) groups excluding carboxylic acids is 2. The molecule has 0 saturated carbocycles. The average molecular weight is 442 g/mol. The number of ether oxygens (including phenoxy) is 1. The molecule has 0 aromatic heterocycles. The number of nitriles is 1. The Hall–Kier alpha value is -2.39. The van der Waals surface area contributed by atoms with Crippen LogP contribution in [0.2, 0.25) is 0 Å². The van der Waals surface area contributed by atoms with Crippen molar-refractivity contribution in [3.05, 3.63) is 35.9 Å². The Labute approximate surface area is 193 Å². The summed E-state index contributed by atoms with van der Waals surface area (Å²) in [6, 6.07) is 12.1. The van der Waals surface area contributed by atoms with Gasteiger partial charge in [-0.25, -0.2) is 0 Å². The molecule has 5 atom stereocenters. The fourth-order valence-electron chi connectivity index (χ4n) is 4.83. The normalized spacial score (nSPS) is 21.9. The first-order valence-electron chi connectivity index (χ1n) is 11.7. The standard InChI is InChI=1S/C26H39N3O3/c1-7-11-22(18(2)28-19(3)30)23(14-20-12-9-8-10-13-20)29-17-21(16-27)15-24(29)25(31)32-26(4,5)6/h8-10,12-13,18,21-24H,7,11,14-15,17H2,1-6H3,(H,28,30). The van der Waals surface area contributed by atoms with Crippen LogP contribution in [-0.4, -0.2) is 47.0 Å². The van der Waals surface area contributed by atoms with E-state index in [1.165, 1.54) is 12.5 Å². The molecule has 6 nitrogen and oxygen atoms in total. The molecule has 32 heavy (non-hydrogen) atoms. The van der Waals surface area contributed by atoms with Crippen molar-refractivity contribution >= 4 is 11.9 Å². The van der Waals surface area contributed by atoms with Crippen molar-refractivity contribution in [3.8, 4) is 6.07 Å². The third kappa shape index (κ3) is 7.34. The summed E-state index contributed by atoms with van der Waals surface area (Å²) in [4.78, 5) is 27.2. The van der Waals surface area contributed by atoms with E-state index in [9.17, 15) is 14.9 Å². The number of nitrogens with zero attached hydrogens (tertiary/aromatic N) is 2. The number of hydrogen-bond donors (Lipinski definition) is 1. The van der Waals surface area contributed by atoms with Gasteiger partial charge in [0.05, 0.1) is 12.0 Å². The summed E-state index contributed by atoms with van der Waals surface area (Å²) in [5, 5.41) is 12.7. The van der Waals surface area contributed by atoms with Crippen LogP contribution in [0.3, 0.4) is 0 Å². The maximum Gasteiger partial charge on any atom is 0.323 e. The molecule has 0 spiro atoms. The van der Waals surface area contributed by atoms with Gasteiger partial charge >= 0.3 is 5.97 Å². The highest BCUT2D eigenvalue weighted by molar-refractivity contribution is 5.77. The highest BCUT2D eigenvalue weighted by Gasteiger charge is 2.45. The van der Waals surface area contributed by atoms with Gasteiger partial charge in [0, 0.05) is 25.6 Å². The topological polar surface area (TPSA) is 82.4 Å². The van der Waals surface area contributed by atoms with Crippen LogP contribution in [0.15, 0.2) is 30.3 Å². The number of likely N-dealkylation sites (tertiary alicyclic amines) is 1. The van der Waals surface area contributed by atoms with Crippen molar-refractivity contribution in [2.45, 2.75) is 91.0 Å². The Balaban J connectivity index is 2.45. The fourth-order valence-corrected chi connectivity index (χ4v) is 4.83. The number of hydrogen-bond acceptors (Lipinski definition) is 5. The van der Waals surface area contributed by atoms with Crippen molar-refractivity contribution in [1.82, 2.24) is 10.2 Å². The number of rotatable bonds is 9. The van der Waals surface area contributed by atoms with Crippen LogP contribution in [0.25, 0.3) is 0 Å². The molecule has 1 aliphatic heterocycles. The molecule has 176 valence electrons. The molecule has 1 aliphatic rings. The first-order valence-corrected chi connectivity index (χ1v) is 11.7. The second-order valence-electron chi connectivity index (χ2n) is 10.0. The second kappa shape index (κ2) is 11.5. The van der Waals surface area contributed by atoms with E-state index in [0.717, 1.165) is 19.3 Å². The molecule has 1 heterocycles. The van der Waals surface area contributed by atoms with Crippen LogP contribution in [0.4, 0.5) is 0 Å². The predicted octanol–water partition coefficient (Wildman–Crippen LogP) is 4.09. The summed E-state index contributed by atoms with van der Waals surface area (Å²) in [5.41, 5.74) is 0.589. The van der Waals surface area contributed by atoms with E-state index >= 15 is 0 Å². The molecule has 5 unspecified atom stereocenters. The summed E-state index contributed by atoms with van der Waals surface area (Å²) >= 11 is 0. The van der Waals surface area contributed by atoms with E-state index in [1.54, 1.807) is 0 Å². The lowest BCUT2D eigenvalue weighted by atomic mass is 9.83. The first kappa shape index (κ1) is 25.9. The molecule has 1 aromatic rings. The molecular weight excluding hydrogens is 402 g/mol. The molecule has 0 aliphatic carbocycles. The van der Waals surface area contributed by atoms with Crippen molar-refractivity contribution in [3.63, 3.8) is 0 Å². The van der Waals surface area contributed by atoms with Crippen LogP contribution >= 0.6 is 0 Å². The van der Waals surface area contributed by atoms with E-state index in [0.29, 0.717) is 13.0 Å². The lowest BCUT2D eigenvalue weighted by Crippen LogP contribution is -2.54. The zero-order valence-electron chi connectivity index (χ0n) is 20.4. The Morgan fingerprint density at radius 2 is 1.94 bits per heavy atom. The third-order valence-electron chi connectivity index (χ3n) is 6.10. The predicted molar refractivity (Wildman–Crippen MR) is 126 cm³/mol. The Morgan fingerprint density at radius 3 is 2.47 bits per heavy atom. The summed E-state index contributed by atoms with van der Waals surface area (Å²) in [6.45, 7) is 11.9. The van der Waals surface area contributed by atoms with E-state index in [-0.39, 0.29) is 35.8 Å². The highest BCUT2D eigenvalue weighted by Crippen LogP contribution is 2.34. The molecule has 1 amide bonds. The molecule has 0 bridgehead atoms. The lowest BCUT2D eigenvalue weighted by Gasteiger charge is -2.41. The summed E-state index contributed by atoms with van der Waals surface area (Å²) in [5.74, 6) is -0.413. The Kier molecular flexibility index (Phi) is 9.27.